The number of nitrogens with two attached hydrogens (primary N) is 1. The Morgan fingerprint density at radius 3 is 2.50 bits per heavy atom. The maximum atomic E-state index is 6.31. The van der Waals surface area contributed by atoms with E-state index in [1.54, 1.807) is 0 Å². The molecule has 18 heavy (non-hydrogen) atoms. The van der Waals surface area contributed by atoms with Crippen LogP contribution in [0, 0.1) is 5.92 Å². The van der Waals surface area contributed by atoms with Crippen LogP contribution >= 0.6 is 0 Å². The number of aryl methyl sites for hydroxylation is 1. The monoisotopic (exact) mass is 250 g/mol. The van der Waals surface area contributed by atoms with Crippen molar-refractivity contribution < 1.29 is 0 Å². The minimum atomic E-state index is 0.379. The number of anilines is 2. The summed E-state index contributed by atoms with van der Waals surface area (Å²) in [6, 6.07) is 0.548. The van der Waals surface area contributed by atoms with Crippen LogP contribution in [0.3, 0.4) is 0 Å². The number of piperidine rings is 1. The van der Waals surface area contributed by atoms with Gasteiger partial charge in [0.2, 0.25) is 0 Å². The maximum absolute atomic E-state index is 6.31. The fraction of sp³-hybridized carbons (Fsp3) is 0.786. The van der Waals surface area contributed by atoms with Crippen molar-refractivity contribution in [3.63, 3.8) is 0 Å². The fourth-order valence-corrected chi connectivity index (χ4v) is 3.04. The van der Waals surface area contributed by atoms with Crippen LogP contribution in [0.4, 0.5) is 11.5 Å². The van der Waals surface area contributed by atoms with Gasteiger partial charge in [0.05, 0.1) is 11.4 Å². The summed E-state index contributed by atoms with van der Waals surface area (Å²) in [4.78, 5) is 2.42. The van der Waals surface area contributed by atoms with Crippen molar-refractivity contribution >= 4 is 11.5 Å². The zero-order valence-electron chi connectivity index (χ0n) is 12.3. The van der Waals surface area contributed by atoms with E-state index in [1.165, 1.54) is 12.8 Å². The van der Waals surface area contributed by atoms with E-state index < -0.39 is 0 Å². The lowest BCUT2D eigenvalue weighted by Gasteiger charge is -2.38. The van der Waals surface area contributed by atoms with E-state index in [0.29, 0.717) is 12.0 Å². The summed E-state index contributed by atoms with van der Waals surface area (Å²) >= 11 is 0. The number of nitrogen functional groups attached to an aromatic ring is 1. The molecule has 0 aromatic carbocycles. The summed E-state index contributed by atoms with van der Waals surface area (Å²) in [5.41, 5.74) is 8.20. The van der Waals surface area contributed by atoms with Gasteiger partial charge in [-0.1, -0.05) is 20.8 Å². The van der Waals surface area contributed by atoms with Crippen LogP contribution in [-0.2, 0) is 7.05 Å². The molecular formula is C14H26N4. The van der Waals surface area contributed by atoms with Gasteiger partial charge in [-0.25, -0.2) is 0 Å². The predicted molar refractivity (Wildman–Crippen MR) is 76.9 cm³/mol. The molecule has 0 aliphatic carbocycles. The summed E-state index contributed by atoms with van der Waals surface area (Å²) < 4.78 is 1.96. The van der Waals surface area contributed by atoms with Gasteiger partial charge >= 0.3 is 0 Å². The van der Waals surface area contributed by atoms with E-state index in [9.17, 15) is 0 Å². The Kier molecular flexibility index (Phi) is 3.55. The van der Waals surface area contributed by atoms with Crippen molar-refractivity contribution in [2.75, 3.05) is 17.2 Å². The molecule has 1 aliphatic rings. The molecule has 2 N–H and O–H groups in total. The summed E-state index contributed by atoms with van der Waals surface area (Å²) in [5, 5.41) is 4.59. The number of nitrogens with zero attached hydrogens (tertiary/aromatic N) is 3. The van der Waals surface area contributed by atoms with Crippen LogP contribution in [0.2, 0.25) is 0 Å². The molecule has 2 rings (SSSR count). The zero-order chi connectivity index (χ0) is 13.4. The molecule has 0 radical (unpaired) electrons. The molecule has 2 atom stereocenters. The highest BCUT2D eigenvalue weighted by molar-refractivity contribution is 5.67. The molecule has 1 saturated heterocycles. The van der Waals surface area contributed by atoms with Gasteiger partial charge < -0.3 is 10.6 Å². The molecule has 1 aromatic heterocycles. The summed E-state index contributed by atoms with van der Waals surface area (Å²) in [6.45, 7) is 10.00. The molecule has 2 unspecified atom stereocenters. The number of hydrogen-bond donors (Lipinski definition) is 1. The van der Waals surface area contributed by atoms with E-state index in [0.717, 1.165) is 29.7 Å². The molecule has 1 aromatic rings. The lowest BCUT2D eigenvalue weighted by molar-refractivity contribution is 0.373. The van der Waals surface area contributed by atoms with Gasteiger partial charge in [0.15, 0.2) is 5.82 Å². The van der Waals surface area contributed by atoms with Gasteiger partial charge in [-0.15, -0.1) is 0 Å². The first-order valence-corrected chi connectivity index (χ1v) is 7.00. The average molecular weight is 250 g/mol. The van der Waals surface area contributed by atoms with E-state index >= 15 is 0 Å². The van der Waals surface area contributed by atoms with Crippen molar-refractivity contribution in [1.29, 1.82) is 0 Å². The van der Waals surface area contributed by atoms with E-state index in [2.05, 4.69) is 37.7 Å². The molecule has 2 heterocycles. The zero-order valence-corrected chi connectivity index (χ0v) is 12.3. The molecule has 0 bridgehead atoms. The highest BCUT2D eigenvalue weighted by Gasteiger charge is 2.28. The second kappa shape index (κ2) is 4.82. The van der Waals surface area contributed by atoms with Crippen LogP contribution in [0.1, 0.15) is 52.1 Å². The molecule has 1 aliphatic heterocycles. The average Bonchev–Trinajstić information content (AvgIpc) is 2.56. The first-order chi connectivity index (χ1) is 8.41. The van der Waals surface area contributed by atoms with Crippen LogP contribution < -0.4 is 10.6 Å². The van der Waals surface area contributed by atoms with E-state index in [4.69, 9.17) is 5.73 Å². The largest absolute Gasteiger partial charge is 0.394 e. The third kappa shape index (κ3) is 2.20. The number of rotatable bonds is 2. The minimum absolute atomic E-state index is 0.379. The van der Waals surface area contributed by atoms with Crippen molar-refractivity contribution in [3.05, 3.63) is 5.69 Å². The predicted octanol–water partition coefficient (Wildman–Crippen LogP) is 2.75. The van der Waals surface area contributed by atoms with Crippen LogP contribution in [-0.4, -0.2) is 22.4 Å². The van der Waals surface area contributed by atoms with Gasteiger partial charge in [0, 0.05) is 19.6 Å². The van der Waals surface area contributed by atoms with Crippen LogP contribution in [0.5, 0.6) is 0 Å². The molecule has 1 fully saturated rings. The molecule has 102 valence electrons. The molecule has 4 nitrogen and oxygen atoms in total. The second-order valence-corrected chi connectivity index (χ2v) is 6.07. The number of aromatic nitrogens is 2. The normalized spacial score (nSPS) is 24.9. The van der Waals surface area contributed by atoms with Gasteiger partial charge in [0.25, 0.3) is 0 Å². The second-order valence-electron chi connectivity index (χ2n) is 6.07. The molecule has 0 amide bonds. The van der Waals surface area contributed by atoms with E-state index in [1.807, 2.05) is 11.7 Å². The van der Waals surface area contributed by atoms with Gasteiger partial charge in [-0.3, -0.25) is 4.68 Å². The fourth-order valence-electron chi connectivity index (χ4n) is 3.04. The number of hydrogen-bond acceptors (Lipinski definition) is 3. The highest BCUT2D eigenvalue weighted by Crippen LogP contribution is 2.35. The van der Waals surface area contributed by atoms with Gasteiger partial charge in [-0.05, 0) is 31.6 Å². The SMILES string of the molecule is CC1CCN(c2c(N)c(C(C)C)nn2C)C(C)C1. The Morgan fingerprint density at radius 1 is 1.33 bits per heavy atom. The Hall–Kier alpha value is -1.19. The van der Waals surface area contributed by atoms with Crippen LogP contribution in [0.15, 0.2) is 0 Å². The third-order valence-corrected chi connectivity index (χ3v) is 4.04. The topological polar surface area (TPSA) is 47.1 Å². The van der Waals surface area contributed by atoms with E-state index in [-0.39, 0.29) is 0 Å². The standard InChI is InChI=1S/C14H26N4/c1-9(2)13-12(15)14(17(5)16-13)18-7-6-10(3)8-11(18)4/h9-11H,6-8,15H2,1-5H3. The Labute approximate surface area is 110 Å². The van der Waals surface area contributed by atoms with Crippen molar-refractivity contribution in [3.8, 4) is 0 Å². The van der Waals surface area contributed by atoms with Crippen LogP contribution in [0.25, 0.3) is 0 Å². The summed E-state index contributed by atoms with van der Waals surface area (Å²) in [5.74, 6) is 2.30. The van der Waals surface area contributed by atoms with Gasteiger partial charge in [0.1, 0.15) is 0 Å². The molecular weight excluding hydrogens is 224 g/mol. The van der Waals surface area contributed by atoms with Gasteiger partial charge in [-0.2, -0.15) is 5.10 Å². The highest BCUT2D eigenvalue weighted by atomic mass is 15.4. The molecule has 4 heteroatoms. The van der Waals surface area contributed by atoms with Crippen molar-refractivity contribution in [2.45, 2.75) is 52.5 Å². The first-order valence-electron chi connectivity index (χ1n) is 7.00. The Bertz CT molecular complexity index is 422. The molecule has 0 saturated carbocycles. The Balaban J connectivity index is 2.33. The first kappa shape index (κ1) is 13.2. The minimum Gasteiger partial charge on any atom is -0.394 e. The maximum Gasteiger partial charge on any atom is 0.150 e. The quantitative estimate of drug-likeness (QED) is 0.878. The summed E-state index contributed by atoms with van der Waals surface area (Å²) in [7, 11) is 2.00. The lowest BCUT2D eigenvalue weighted by atomic mass is 9.93. The third-order valence-electron chi connectivity index (χ3n) is 4.04. The van der Waals surface area contributed by atoms with Crippen molar-refractivity contribution in [1.82, 2.24) is 9.78 Å². The summed E-state index contributed by atoms with van der Waals surface area (Å²) in [6.07, 6.45) is 2.48. The Morgan fingerprint density at radius 2 is 2.00 bits per heavy atom. The lowest BCUT2D eigenvalue weighted by Crippen LogP contribution is -2.41. The molecule has 0 spiro atoms. The van der Waals surface area contributed by atoms with Crippen molar-refractivity contribution in [2.24, 2.45) is 13.0 Å². The smallest absolute Gasteiger partial charge is 0.150 e.